The molecule has 2 N–H and O–H groups in total. The number of Topliss-reactive ketones (excluding diaryl/α,β-unsaturated/α-hetero) is 1. The van der Waals surface area contributed by atoms with Gasteiger partial charge in [-0.2, -0.15) is 0 Å². The number of dihydropyridines is 1. The number of nitrogens with one attached hydrogen (secondary N) is 2. The van der Waals surface area contributed by atoms with Crippen molar-refractivity contribution in [2.45, 2.75) is 19.8 Å². The molecule has 140 valence electrons. The van der Waals surface area contributed by atoms with E-state index in [1.807, 2.05) is 19.1 Å². The first-order valence-corrected chi connectivity index (χ1v) is 9.88. The number of allylic oxidation sites excluding steroid dienone is 2. The predicted molar refractivity (Wildman–Crippen MR) is 106 cm³/mol. The quantitative estimate of drug-likeness (QED) is 0.796. The van der Waals surface area contributed by atoms with Gasteiger partial charge in [0.15, 0.2) is 5.78 Å². The summed E-state index contributed by atoms with van der Waals surface area (Å²) in [4.78, 5) is 25.5. The molecule has 1 fully saturated rings. The Morgan fingerprint density at radius 3 is 2.56 bits per heavy atom. The van der Waals surface area contributed by atoms with Crippen molar-refractivity contribution in [2.24, 2.45) is 5.92 Å². The fourth-order valence-electron chi connectivity index (χ4n) is 4.01. The molecule has 0 radical (unpaired) electrons. The van der Waals surface area contributed by atoms with Gasteiger partial charge in [0.1, 0.15) is 0 Å². The second kappa shape index (κ2) is 6.94. The molecule has 1 aromatic carbocycles. The van der Waals surface area contributed by atoms with Crippen LogP contribution in [0.2, 0.25) is 0 Å². The Bertz CT molecular complexity index is 998. The third-order valence-electron chi connectivity index (χ3n) is 5.39. The molecule has 0 aliphatic carbocycles. The topological polar surface area (TPSA) is 67.4 Å². The first-order chi connectivity index (χ1) is 13.0. The van der Waals surface area contributed by atoms with Crippen LogP contribution in [0.25, 0.3) is 10.1 Å². The number of methoxy groups -OCH3 is 1. The van der Waals surface area contributed by atoms with Crippen LogP contribution in [-0.4, -0.2) is 32.0 Å². The Morgan fingerprint density at radius 1 is 1.19 bits per heavy atom. The minimum atomic E-state index is -0.414. The van der Waals surface area contributed by atoms with Gasteiger partial charge in [-0.1, -0.05) is 18.2 Å². The fraction of sp³-hybridized carbons (Fsp3) is 0.333. The molecule has 4 rings (SSSR count). The fourth-order valence-corrected chi connectivity index (χ4v) is 4.99. The smallest absolute Gasteiger partial charge is 0.336 e. The standard InChI is InChI=1S/C21H22N2O3S/c1-11-17(12(2)24)18(15-10-27-16-7-5-4-6-14(15)16)19(21(25)26-3)20(23-11)13-8-22-9-13/h4-7,10,13,18,22-23H,8-9H2,1-3H3. The molecular formula is C21H22N2O3S. The molecule has 3 heterocycles. The van der Waals surface area contributed by atoms with Crippen LogP contribution in [0.15, 0.2) is 52.2 Å². The van der Waals surface area contributed by atoms with E-state index in [0.29, 0.717) is 11.1 Å². The maximum atomic E-state index is 12.9. The maximum Gasteiger partial charge on any atom is 0.336 e. The van der Waals surface area contributed by atoms with Gasteiger partial charge in [0, 0.05) is 46.6 Å². The van der Waals surface area contributed by atoms with Gasteiger partial charge in [0.25, 0.3) is 0 Å². The molecule has 2 aliphatic heterocycles. The second-order valence-electron chi connectivity index (χ2n) is 7.01. The van der Waals surface area contributed by atoms with E-state index >= 15 is 0 Å². The lowest BCUT2D eigenvalue weighted by molar-refractivity contribution is -0.136. The number of thiophene rings is 1. The van der Waals surface area contributed by atoms with Gasteiger partial charge in [-0.25, -0.2) is 4.79 Å². The average molecular weight is 382 g/mol. The van der Waals surface area contributed by atoms with Crippen LogP contribution in [0.1, 0.15) is 25.3 Å². The summed E-state index contributed by atoms with van der Waals surface area (Å²) in [7, 11) is 1.40. The summed E-state index contributed by atoms with van der Waals surface area (Å²) in [5.74, 6) is -0.610. The van der Waals surface area contributed by atoms with E-state index in [0.717, 1.165) is 40.1 Å². The van der Waals surface area contributed by atoms with Crippen LogP contribution in [0.4, 0.5) is 0 Å². The van der Waals surface area contributed by atoms with E-state index in [2.05, 4.69) is 28.1 Å². The van der Waals surface area contributed by atoms with E-state index in [4.69, 9.17) is 4.74 Å². The number of rotatable bonds is 4. The van der Waals surface area contributed by atoms with Gasteiger partial charge in [0.05, 0.1) is 12.7 Å². The monoisotopic (exact) mass is 382 g/mol. The molecule has 27 heavy (non-hydrogen) atoms. The Balaban J connectivity index is 1.98. The van der Waals surface area contributed by atoms with Crippen LogP contribution in [0.3, 0.4) is 0 Å². The SMILES string of the molecule is COC(=O)C1=C(C2CNC2)NC(C)=C(C(C)=O)C1c1csc2ccccc12. The number of carbonyl (C=O) groups is 2. The minimum Gasteiger partial charge on any atom is -0.466 e. The number of esters is 1. The Labute approximate surface area is 162 Å². The molecular weight excluding hydrogens is 360 g/mol. The van der Waals surface area contributed by atoms with Crippen molar-refractivity contribution >= 4 is 33.2 Å². The summed E-state index contributed by atoms with van der Waals surface area (Å²) < 4.78 is 6.30. The number of carbonyl (C=O) groups excluding carboxylic acids is 2. The lowest BCUT2D eigenvalue weighted by atomic mass is 9.76. The van der Waals surface area contributed by atoms with E-state index in [1.54, 1.807) is 18.3 Å². The molecule has 1 aromatic heterocycles. The number of fused-ring (bicyclic) bond motifs is 1. The zero-order valence-corrected chi connectivity index (χ0v) is 16.4. The van der Waals surface area contributed by atoms with Crippen molar-refractivity contribution in [3.05, 3.63) is 57.7 Å². The molecule has 5 nitrogen and oxygen atoms in total. The third-order valence-corrected chi connectivity index (χ3v) is 6.37. The Morgan fingerprint density at radius 2 is 1.93 bits per heavy atom. The van der Waals surface area contributed by atoms with Crippen molar-refractivity contribution in [3.63, 3.8) is 0 Å². The number of ketones is 1. The largest absolute Gasteiger partial charge is 0.466 e. The average Bonchev–Trinajstić information content (AvgIpc) is 3.02. The lowest BCUT2D eigenvalue weighted by Crippen LogP contribution is -2.48. The summed E-state index contributed by atoms with van der Waals surface area (Å²) in [6.07, 6.45) is 0. The first-order valence-electron chi connectivity index (χ1n) is 9.00. The van der Waals surface area contributed by atoms with E-state index in [9.17, 15) is 9.59 Å². The maximum absolute atomic E-state index is 12.9. The minimum absolute atomic E-state index is 0.0348. The number of benzene rings is 1. The molecule has 1 unspecified atom stereocenters. The van der Waals surface area contributed by atoms with E-state index < -0.39 is 5.92 Å². The highest BCUT2D eigenvalue weighted by Crippen LogP contribution is 2.45. The van der Waals surface area contributed by atoms with Crippen LogP contribution in [0.5, 0.6) is 0 Å². The van der Waals surface area contributed by atoms with Gasteiger partial charge in [0.2, 0.25) is 0 Å². The summed E-state index contributed by atoms with van der Waals surface area (Å²) in [6.45, 7) is 5.09. The van der Waals surface area contributed by atoms with Crippen molar-refractivity contribution in [2.75, 3.05) is 20.2 Å². The molecule has 0 bridgehead atoms. The van der Waals surface area contributed by atoms with Crippen LogP contribution >= 0.6 is 11.3 Å². The molecule has 2 aromatic rings. The second-order valence-corrected chi connectivity index (χ2v) is 7.93. The third kappa shape index (κ3) is 2.89. The molecule has 0 saturated carbocycles. The molecule has 1 saturated heterocycles. The highest BCUT2D eigenvalue weighted by atomic mass is 32.1. The van der Waals surface area contributed by atoms with Crippen LogP contribution < -0.4 is 10.6 Å². The van der Waals surface area contributed by atoms with E-state index in [-0.39, 0.29) is 17.7 Å². The first kappa shape index (κ1) is 17.9. The predicted octanol–water partition coefficient (Wildman–Crippen LogP) is 3.10. The summed E-state index contributed by atoms with van der Waals surface area (Å²) in [6, 6.07) is 8.10. The van der Waals surface area contributed by atoms with Gasteiger partial charge in [-0.05, 0) is 36.2 Å². The number of ether oxygens (including phenoxy) is 1. The molecule has 0 spiro atoms. The Kier molecular flexibility index (Phi) is 4.61. The van der Waals surface area contributed by atoms with Gasteiger partial charge in [-0.15, -0.1) is 11.3 Å². The lowest BCUT2D eigenvalue weighted by Gasteiger charge is -2.38. The van der Waals surface area contributed by atoms with Crippen LogP contribution in [0, 0.1) is 5.92 Å². The normalized spacial score (nSPS) is 20.5. The zero-order chi connectivity index (χ0) is 19.1. The van der Waals surface area contributed by atoms with Gasteiger partial charge in [-0.3, -0.25) is 4.79 Å². The van der Waals surface area contributed by atoms with E-state index in [1.165, 1.54) is 7.11 Å². The molecule has 1 atom stereocenters. The molecule has 0 amide bonds. The number of hydrogen-bond donors (Lipinski definition) is 2. The summed E-state index contributed by atoms with van der Waals surface area (Å²) >= 11 is 1.63. The summed E-state index contributed by atoms with van der Waals surface area (Å²) in [5, 5.41) is 9.76. The highest BCUT2D eigenvalue weighted by molar-refractivity contribution is 7.17. The van der Waals surface area contributed by atoms with Crippen LogP contribution in [-0.2, 0) is 14.3 Å². The van der Waals surface area contributed by atoms with Crippen molar-refractivity contribution in [3.8, 4) is 0 Å². The Hall–Kier alpha value is -2.44. The van der Waals surface area contributed by atoms with Gasteiger partial charge < -0.3 is 15.4 Å². The zero-order valence-electron chi connectivity index (χ0n) is 15.6. The van der Waals surface area contributed by atoms with Crippen molar-refractivity contribution in [1.82, 2.24) is 10.6 Å². The van der Waals surface area contributed by atoms with Crippen molar-refractivity contribution < 1.29 is 14.3 Å². The molecule has 6 heteroatoms. The summed E-state index contributed by atoms with van der Waals surface area (Å²) in [5.41, 5.74) is 3.88. The number of hydrogen-bond acceptors (Lipinski definition) is 6. The molecule has 2 aliphatic rings. The highest BCUT2D eigenvalue weighted by Gasteiger charge is 2.40. The van der Waals surface area contributed by atoms with Gasteiger partial charge >= 0.3 is 5.97 Å². The van der Waals surface area contributed by atoms with Crippen molar-refractivity contribution in [1.29, 1.82) is 0 Å².